The largest absolute Gasteiger partial charge is 0.445 e. The smallest absolute Gasteiger partial charge is 0.410 e. The molecule has 1 atom stereocenters. The molecule has 0 aromatic heterocycles. The number of likely N-dealkylation sites (tertiary alicyclic amines) is 1. The van der Waals surface area contributed by atoms with Gasteiger partial charge < -0.3 is 24.6 Å². The number of piperidine rings is 1. The number of ether oxygens (including phenoxy) is 2. The third-order valence-corrected chi connectivity index (χ3v) is 4.95. The third-order valence-electron chi connectivity index (χ3n) is 4.95. The summed E-state index contributed by atoms with van der Waals surface area (Å²) in [6.45, 7) is 5.14. The molecule has 2 saturated heterocycles. The van der Waals surface area contributed by atoms with Crippen LogP contribution in [0.4, 0.5) is 4.79 Å². The first-order valence-electron chi connectivity index (χ1n) is 9.20. The number of hydrogen-bond acceptors (Lipinski definition) is 5. The standard InChI is InChI=1S/C19H29N3O3/c1-21-9-7-17(8-10-21)20-13-18-14-22(11-12-24-18)19(23)25-15-16-5-3-2-4-6-16/h2-6,17-18,20H,7-15H2,1H3. The van der Waals surface area contributed by atoms with E-state index in [-0.39, 0.29) is 12.2 Å². The first kappa shape index (κ1) is 18.2. The summed E-state index contributed by atoms with van der Waals surface area (Å²) in [5, 5.41) is 3.60. The van der Waals surface area contributed by atoms with Crippen LogP contribution in [-0.2, 0) is 16.1 Å². The molecule has 0 radical (unpaired) electrons. The Balaban J connectivity index is 1.39. The number of carbonyl (C=O) groups excluding carboxylic acids is 1. The third kappa shape index (κ3) is 5.70. The lowest BCUT2D eigenvalue weighted by Crippen LogP contribution is -2.51. The minimum absolute atomic E-state index is 0.0395. The van der Waals surface area contributed by atoms with E-state index in [1.54, 1.807) is 4.90 Å². The van der Waals surface area contributed by atoms with E-state index >= 15 is 0 Å². The summed E-state index contributed by atoms with van der Waals surface area (Å²) >= 11 is 0. The van der Waals surface area contributed by atoms with Crippen molar-refractivity contribution in [2.75, 3.05) is 46.4 Å². The van der Waals surface area contributed by atoms with Gasteiger partial charge in [0, 0.05) is 19.1 Å². The van der Waals surface area contributed by atoms with Crippen LogP contribution in [0.25, 0.3) is 0 Å². The van der Waals surface area contributed by atoms with Crippen molar-refractivity contribution in [2.24, 2.45) is 0 Å². The molecule has 0 aliphatic carbocycles. The van der Waals surface area contributed by atoms with Gasteiger partial charge in [-0.15, -0.1) is 0 Å². The summed E-state index contributed by atoms with van der Waals surface area (Å²) in [5.41, 5.74) is 1.00. The maximum absolute atomic E-state index is 12.3. The van der Waals surface area contributed by atoms with E-state index in [2.05, 4.69) is 17.3 Å². The molecule has 0 spiro atoms. The van der Waals surface area contributed by atoms with Crippen LogP contribution in [0.1, 0.15) is 18.4 Å². The van der Waals surface area contributed by atoms with Crippen LogP contribution in [0.3, 0.4) is 0 Å². The second-order valence-corrected chi connectivity index (χ2v) is 6.96. The van der Waals surface area contributed by atoms with Gasteiger partial charge in [0.25, 0.3) is 0 Å². The Bertz CT molecular complexity index is 532. The molecule has 2 heterocycles. The van der Waals surface area contributed by atoms with Crippen molar-refractivity contribution in [3.8, 4) is 0 Å². The molecule has 1 aromatic rings. The number of nitrogens with zero attached hydrogens (tertiary/aromatic N) is 2. The quantitative estimate of drug-likeness (QED) is 0.879. The van der Waals surface area contributed by atoms with E-state index in [9.17, 15) is 4.79 Å². The number of nitrogens with one attached hydrogen (secondary N) is 1. The molecule has 25 heavy (non-hydrogen) atoms. The fourth-order valence-electron chi connectivity index (χ4n) is 3.33. The predicted octanol–water partition coefficient (Wildman–Crippen LogP) is 1.71. The van der Waals surface area contributed by atoms with Crippen molar-refractivity contribution in [1.29, 1.82) is 0 Å². The van der Waals surface area contributed by atoms with E-state index in [0.717, 1.165) is 25.2 Å². The van der Waals surface area contributed by atoms with Crippen LogP contribution < -0.4 is 5.32 Å². The first-order valence-corrected chi connectivity index (χ1v) is 9.20. The molecular formula is C19H29N3O3. The Morgan fingerprint density at radius 1 is 1.24 bits per heavy atom. The second kappa shape index (κ2) is 9.17. The summed E-state index contributed by atoms with van der Waals surface area (Å²) in [5.74, 6) is 0. The van der Waals surface area contributed by atoms with Gasteiger partial charge in [-0.2, -0.15) is 0 Å². The number of rotatable bonds is 5. The number of carbonyl (C=O) groups is 1. The Hall–Kier alpha value is -1.63. The van der Waals surface area contributed by atoms with E-state index in [1.165, 1.54) is 12.8 Å². The highest BCUT2D eigenvalue weighted by molar-refractivity contribution is 5.67. The molecule has 0 saturated carbocycles. The monoisotopic (exact) mass is 347 g/mol. The number of morpholine rings is 1. The minimum Gasteiger partial charge on any atom is -0.445 e. The molecule has 2 aliphatic heterocycles. The molecule has 6 heteroatoms. The zero-order valence-corrected chi connectivity index (χ0v) is 15.0. The summed E-state index contributed by atoms with van der Waals surface area (Å²) in [4.78, 5) is 16.4. The Morgan fingerprint density at radius 2 is 2.00 bits per heavy atom. The molecular weight excluding hydrogens is 318 g/mol. The van der Waals surface area contributed by atoms with Crippen LogP contribution in [0.5, 0.6) is 0 Å². The molecule has 0 bridgehead atoms. The van der Waals surface area contributed by atoms with E-state index in [4.69, 9.17) is 9.47 Å². The second-order valence-electron chi connectivity index (χ2n) is 6.96. The minimum atomic E-state index is -0.253. The van der Waals surface area contributed by atoms with Gasteiger partial charge in [0.15, 0.2) is 0 Å². The molecule has 1 unspecified atom stereocenters. The predicted molar refractivity (Wildman–Crippen MR) is 96.5 cm³/mol. The van der Waals surface area contributed by atoms with E-state index in [0.29, 0.717) is 32.3 Å². The van der Waals surface area contributed by atoms with Gasteiger partial charge in [-0.25, -0.2) is 4.79 Å². The van der Waals surface area contributed by atoms with Crippen LogP contribution in [-0.4, -0.2) is 74.4 Å². The van der Waals surface area contributed by atoms with Crippen molar-refractivity contribution < 1.29 is 14.3 Å². The molecule has 3 rings (SSSR count). The average Bonchev–Trinajstić information content (AvgIpc) is 2.67. The molecule has 2 fully saturated rings. The van der Waals surface area contributed by atoms with Gasteiger partial charge in [0.1, 0.15) is 6.61 Å². The van der Waals surface area contributed by atoms with Crippen LogP contribution in [0, 0.1) is 0 Å². The number of hydrogen-bond donors (Lipinski definition) is 1. The van der Waals surface area contributed by atoms with Crippen molar-refractivity contribution in [3.05, 3.63) is 35.9 Å². The molecule has 2 aliphatic rings. The highest BCUT2D eigenvalue weighted by atomic mass is 16.6. The topological polar surface area (TPSA) is 54.0 Å². The van der Waals surface area contributed by atoms with Gasteiger partial charge >= 0.3 is 6.09 Å². The summed E-state index contributed by atoms with van der Waals surface area (Å²) in [6.07, 6.45) is 2.13. The average molecular weight is 347 g/mol. The molecule has 1 N–H and O–H groups in total. The summed E-state index contributed by atoms with van der Waals surface area (Å²) < 4.78 is 11.2. The van der Waals surface area contributed by atoms with E-state index in [1.807, 2.05) is 30.3 Å². The van der Waals surface area contributed by atoms with Crippen molar-refractivity contribution >= 4 is 6.09 Å². The maximum atomic E-state index is 12.3. The lowest BCUT2D eigenvalue weighted by molar-refractivity contribution is -0.0285. The van der Waals surface area contributed by atoms with Gasteiger partial charge in [-0.3, -0.25) is 0 Å². The highest BCUT2D eigenvalue weighted by Crippen LogP contribution is 2.11. The molecule has 138 valence electrons. The lowest BCUT2D eigenvalue weighted by atomic mass is 10.1. The Labute approximate surface area is 150 Å². The summed E-state index contributed by atoms with van der Waals surface area (Å²) in [6, 6.07) is 10.3. The van der Waals surface area contributed by atoms with Crippen molar-refractivity contribution in [3.63, 3.8) is 0 Å². The van der Waals surface area contributed by atoms with Crippen molar-refractivity contribution in [2.45, 2.75) is 31.6 Å². The number of amides is 1. The first-order chi connectivity index (χ1) is 12.2. The molecule has 6 nitrogen and oxygen atoms in total. The van der Waals surface area contributed by atoms with Gasteiger partial charge in [-0.1, -0.05) is 30.3 Å². The van der Waals surface area contributed by atoms with Crippen LogP contribution in [0.2, 0.25) is 0 Å². The van der Waals surface area contributed by atoms with E-state index < -0.39 is 0 Å². The maximum Gasteiger partial charge on any atom is 0.410 e. The van der Waals surface area contributed by atoms with Crippen LogP contribution in [0.15, 0.2) is 30.3 Å². The number of benzene rings is 1. The fraction of sp³-hybridized carbons (Fsp3) is 0.632. The molecule has 1 aromatic carbocycles. The highest BCUT2D eigenvalue weighted by Gasteiger charge is 2.26. The van der Waals surface area contributed by atoms with Gasteiger partial charge in [-0.05, 0) is 38.5 Å². The van der Waals surface area contributed by atoms with Gasteiger partial charge in [0.2, 0.25) is 0 Å². The van der Waals surface area contributed by atoms with Crippen LogP contribution >= 0.6 is 0 Å². The Morgan fingerprint density at radius 3 is 2.76 bits per heavy atom. The molecule has 1 amide bonds. The fourth-order valence-corrected chi connectivity index (χ4v) is 3.33. The Kier molecular flexibility index (Phi) is 6.67. The lowest BCUT2D eigenvalue weighted by Gasteiger charge is -2.34. The zero-order chi connectivity index (χ0) is 17.5. The zero-order valence-electron chi connectivity index (χ0n) is 15.0. The normalized spacial score (nSPS) is 22.8. The van der Waals surface area contributed by atoms with Gasteiger partial charge in [0.05, 0.1) is 19.3 Å². The van der Waals surface area contributed by atoms with Crippen molar-refractivity contribution in [1.82, 2.24) is 15.1 Å². The summed E-state index contributed by atoms with van der Waals surface area (Å²) in [7, 11) is 2.17. The SMILES string of the molecule is CN1CCC(NCC2CN(C(=O)OCc3ccccc3)CCO2)CC1.